The van der Waals surface area contributed by atoms with Gasteiger partial charge in [-0.3, -0.25) is 9.69 Å². The standard InChI is InChI=1S/C23H29N3O3/c1-4-6-12-26(13-7-5-2)15-20(27)24-19-14-16(3)21-22(25-19)17-10-8-9-11-18(17)29-23(21)28/h8-11,14H,4-7,12-13,15H2,1-3H3,(H,24,25,27). The number of anilines is 1. The van der Waals surface area contributed by atoms with E-state index in [0.29, 0.717) is 28.8 Å². The van der Waals surface area contributed by atoms with Crippen molar-refractivity contribution < 1.29 is 9.21 Å². The number of aromatic nitrogens is 1. The monoisotopic (exact) mass is 395 g/mol. The molecule has 0 radical (unpaired) electrons. The summed E-state index contributed by atoms with van der Waals surface area (Å²) < 4.78 is 5.41. The first kappa shape index (κ1) is 21.0. The summed E-state index contributed by atoms with van der Waals surface area (Å²) in [6.07, 6.45) is 4.36. The SMILES string of the molecule is CCCCN(CCCC)CC(=O)Nc1cc(C)c2c(=O)oc3ccccc3c2n1. The topological polar surface area (TPSA) is 75.4 Å². The summed E-state index contributed by atoms with van der Waals surface area (Å²) in [7, 11) is 0. The smallest absolute Gasteiger partial charge is 0.346 e. The molecule has 0 fully saturated rings. The molecule has 0 aliphatic heterocycles. The third kappa shape index (κ3) is 5.01. The number of amides is 1. The molecule has 3 rings (SSSR count). The third-order valence-electron chi connectivity index (χ3n) is 5.06. The summed E-state index contributed by atoms with van der Waals surface area (Å²) in [4.78, 5) is 31.8. The molecule has 0 saturated heterocycles. The lowest BCUT2D eigenvalue weighted by molar-refractivity contribution is -0.117. The Kier molecular flexibility index (Phi) is 6.99. The quantitative estimate of drug-likeness (QED) is 0.427. The van der Waals surface area contributed by atoms with Gasteiger partial charge in [-0.05, 0) is 56.6 Å². The number of hydrogen-bond donors (Lipinski definition) is 1. The van der Waals surface area contributed by atoms with Gasteiger partial charge in [-0.25, -0.2) is 9.78 Å². The van der Waals surface area contributed by atoms with Gasteiger partial charge in [-0.2, -0.15) is 0 Å². The molecular weight excluding hydrogens is 366 g/mol. The zero-order chi connectivity index (χ0) is 20.8. The number of rotatable bonds is 9. The first-order valence-electron chi connectivity index (χ1n) is 10.4. The van der Waals surface area contributed by atoms with Gasteiger partial charge in [0.1, 0.15) is 11.4 Å². The average molecular weight is 396 g/mol. The van der Waals surface area contributed by atoms with Crippen molar-refractivity contribution in [2.75, 3.05) is 25.0 Å². The number of hydrogen-bond acceptors (Lipinski definition) is 5. The maximum Gasteiger partial charge on any atom is 0.346 e. The van der Waals surface area contributed by atoms with Gasteiger partial charge in [0.25, 0.3) is 0 Å². The van der Waals surface area contributed by atoms with Gasteiger partial charge in [0.2, 0.25) is 5.91 Å². The molecule has 2 heterocycles. The molecule has 3 aromatic rings. The molecule has 1 aromatic carbocycles. The Labute approximate surface area is 170 Å². The van der Waals surface area contributed by atoms with Crippen LogP contribution in [0.5, 0.6) is 0 Å². The highest BCUT2D eigenvalue weighted by Gasteiger charge is 2.15. The molecule has 0 saturated carbocycles. The van der Waals surface area contributed by atoms with Gasteiger partial charge >= 0.3 is 5.63 Å². The molecule has 1 N–H and O–H groups in total. The van der Waals surface area contributed by atoms with Crippen LogP contribution in [-0.2, 0) is 4.79 Å². The van der Waals surface area contributed by atoms with E-state index in [1.165, 1.54) is 0 Å². The molecule has 6 nitrogen and oxygen atoms in total. The van der Waals surface area contributed by atoms with Gasteiger partial charge in [0.15, 0.2) is 0 Å². The third-order valence-corrected chi connectivity index (χ3v) is 5.06. The van der Waals surface area contributed by atoms with E-state index in [9.17, 15) is 9.59 Å². The summed E-state index contributed by atoms with van der Waals surface area (Å²) in [5.41, 5.74) is 1.37. The van der Waals surface area contributed by atoms with Crippen LogP contribution in [0.4, 0.5) is 5.82 Å². The number of unbranched alkanes of at least 4 members (excludes halogenated alkanes) is 2. The zero-order valence-electron chi connectivity index (χ0n) is 17.5. The van der Waals surface area contributed by atoms with Gasteiger partial charge < -0.3 is 9.73 Å². The summed E-state index contributed by atoms with van der Waals surface area (Å²) in [5.74, 6) is 0.373. The molecule has 0 aliphatic carbocycles. The molecule has 0 aliphatic rings. The molecule has 1 amide bonds. The Morgan fingerprint density at radius 3 is 2.52 bits per heavy atom. The van der Waals surface area contributed by atoms with Crippen LogP contribution in [0.2, 0.25) is 0 Å². The maximum atomic E-state index is 12.7. The molecule has 0 bridgehead atoms. The minimum Gasteiger partial charge on any atom is -0.422 e. The number of carbonyl (C=O) groups excluding carboxylic acids is 1. The van der Waals surface area contributed by atoms with Crippen LogP contribution in [0, 0.1) is 6.92 Å². The second kappa shape index (κ2) is 9.65. The van der Waals surface area contributed by atoms with Crippen LogP contribution >= 0.6 is 0 Å². The van der Waals surface area contributed by atoms with Crippen molar-refractivity contribution in [1.82, 2.24) is 9.88 Å². The second-order valence-electron chi connectivity index (χ2n) is 7.47. The van der Waals surface area contributed by atoms with E-state index < -0.39 is 5.63 Å². The predicted octanol–water partition coefficient (Wildman–Crippen LogP) is 4.49. The molecule has 6 heteroatoms. The molecule has 0 unspecified atom stereocenters. The maximum absolute atomic E-state index is 12.7. The second-order valence-corrected chi connectivity index (χ2v) is 7.47. The van der Waals surface area contributed by atoms with E-state index in [2.05, 4.69) is 29.0 Å². The number of nitrogens with one attached hydrogen (secondary N) is 1. The largest absolute Gasteiger partial charge is 0.422 e. The van der Waals surface area contributed by atoms with Crippen LogP contribution in [0.15, 0.2) is 39.5 Å². The Hall–Kier alpha value is -2.73. The Bertz CT molecular complexity index is 1050. The average Bonchev–Trinajstić information content (AvgIpc) is 2.69. The van der Waals surface area contributed by atoms with E-state index in [-0.39, 0.29) is 5.91 Å². The highest BCUT2D eigenvalue weighted by molar-refractivity contribution is 6.04. The number of nitrogens with zero attached hydrogens (tertiary/aromatic N) is 2. The van der Waals surface area contributed by atoms with E-state index in [4.69, 9.17) is 4.42 Å². The summed E-state index contributed by atoms with van der Waals surface area (Å²) in [6.45, 7) is 8.32. The molecule has 2 aromatic heterocycles. The van der Waals surface area contributed by atoms with Gasteiger partial charge in [0, 0.05) is 5.39 Å². The van der Waals surface area contributed by atoms with Crippen molar-refractivity contribution >= 4 is 33.6 Å². The number of carbonyl (C=O) groups is 1. The fourth-order valence-electron chi connectivity index (χ4n) is 3.51. The Morgan fingerprint density at radius 2 is 1.83 bits per heavy atom. The first-order chi connectivity index (χ1) is 14.0. The zero-order valence-corrected chi connectivity index (χ0v) is 17.5. The number of fused-ring (bicyclic) bond motifs is 3. The number of para-hydroxylation sites is 1. The summed E-state index contributed by atoms with van der Waals surface area (Å²) in [6, 6.07) is 9.04. The molecule has 0 atom stereocenters. The van der Waals surface area contributed by atoms with Gasteiger partial charge in [-0.1, -0.05) is 38.8 Å². The predicted molar refractivity (Wildman–Crippen MR) is 117 cm³/mol. The molecule has 29 heavy (non-hydrogen) atoms. The Balaban J connectivity index is 1.87. The molecular formula is C23H29N3O3. The van der Waals surface area contributed by atoms with E-state index in [1.54, 1.807) is 12.1 Å². The van der Waals surface area contributed by atoms with Crippen molar-refractivity contribution in [1.29, 1.82) is 0 Å². The lowest BCUT2D eigenvalue weighted by Crippen LogP contribution is -2.35. The molecule has 0 spiro atoms. The van der Waals surface area contributed by atoms with Crippen LogP contribution in [-0.4, -0.2) is 35.4 Å². The minimum absolute atomic E-state index is 0.0873. The number of pyridine rings is 1. The van der Waals surface area contributed by atoms with E-state index in [1.807, 2.05) is 25.1 Å². The first-order valence-corrected chi connectivity index (χ1v) is 10.4. The fourth-order valence-corrected chi connectivity index (χ4v) is 3.51. The summed E-state index contributed by atoms with van der Waals surface area (Å²) in [5, 5.41) is 4.13. The van der Waals surface area contributed by atoms with Gasteiger partial charge in [0.05, 0.1) is 17.4 Å². The highest BCUT2D eigenvalue weighted by atomic mass is 16.4. The van der Waals surface area contributed by atoms with E-state index in [0.717, 1.165) is 49.7 Å². The van der Waals surface area contributed by atoms with Crippen molar-refractivity contribution in [3.63, 3.8) is 0 Å². The van der Waals surface area contributed by atoms with Crippen LogP contribution in [0.3, 0.4) is 0 Å². The Morgan fingerprint density at radius 1 is 1.14 bits per heavy atom. The molecule has 154 valence electrons. The summed E-state index contributed by atoms with van der Waals surface area (Å²) >= 11 is 0. The number of aryl methyl sites for hydroxylation is 1. The van der Waals surface area contributed by atoms with Crippen molar-refractivity contribution in [2.24, 2.45) is 0 Å². The van der Waals surface area contributed by atoms with Crippen LogP contribution < -0.4 is 10.9 Å². The van der Waals surface area contributed by atoms with E-state index >= 15 is 0 Å². The van der Waals surface area contributed by atoms with Gasteiger partial charge in [-0.15, -0.1) is 0 Å². The van der Waals surface area contributed by atoms with Crippen molar-refractivity contribution in [3.8, 4) is 0 Å². The van der Waals surface area contributed by atoms with Crippen molar-refractivity contribution in [3.05, 3.63) is 46.3 Å². The number of benzene rings is 1. The lowest BCUT2D eigenvalue weighted by atomic mass is 10.1. The van der Waals surface area contributed by atoms with Crippen molar-refractivity contribution in [2.45, 2.75) is 46.5 Å². The van der Waals surface area contributed by atoms with Crippen LogP contribution in [0.1, 0.15) is 45.1 Å². The fraction of sp³-hybridized carbons (Fsp3) is 0.435. The lowest BCUT2D eigenvalue weighted by Gasteiger charge is -2.21. The highest BCUT2D eigenvalue weighted by Crippen LogP contribution is 2.25. The van der Waals surface area contributed by atoms with Crippen LogP contribution in [0.25, 0.3) is 21.9 Å². The minimum atomic E-state index is -0.410. The normalized spacial score (nSPS) is 11.4.